The van der Waals surface area contributed by atoms with Gasteiger partial charge >= 0.3 is 6.03 Å². The predicted molar refractivity (Wildman–Crippen MR) is 122 cm³/mol. The largest absolute Gasteiger partial charge is 0.468 e. The summed E-state index contributed by atoms with van der Waals surface area (Å²) in [7, 11) is 2.10. The van der Waals surface area contributed by atoms with Gasteiger partial charge in [-0.25, -0.2) is 13.6 Å². The Morgan fingerprint density at radius 1 is 1.27 bits per heavy atom. The fourth-order valence-corrected chi connectivity index (χ4v) is 4.17. The lowest BCUT2D eigenvalue weighted by molar-refractivity contribution is 0.0994. The molecule has 1 unspecified atom stereocenters. The molecule has 1 atom stereocenters. The molecule has 0 bridgehead atoms. The lowest BCUT2D eigenvalue weighted by Gasteiger charge is -2.32. The van der Waals surface area contributed by atoms with Gasteiger partial charge in [0.1, 0.15) is 28.3 Å². The molecule has 2 heterocycles. The van der Waals surface area contributed by atoms with E-state index >= 15 is 0 Å². The number of urea groups is 1. The summed E-state index contributed by atoms with van der Waals surface area (Å²) in [5.74, 6) is -2.30. The van der Waals surface area contributed by atoms with Crippen molar-refractivity contribution in [3.05, 3.63) is 41.0 Å². The fraction of sp³-hybridized carbons (Fsp3) is 0.476. The zero-order valence-corrected chi connectivity index (χ0v) is 19.4. The number of likely N-dealkylation sites (N-methyl/N-ethyl adjacent to an activating group) is 1. The summed E-state index contributed by atoms with van der Waals surface area (Å²) in [6.07, 6.45) is -0.162. The van der Waals surface area contributed by atoms with Gasteiger partial charge in [0.05, 0.1) is 0 Å². The van der Waals surface area contributed by atoms with Gasteiger partial charge in [-0.2, -0.15) is 4.37 Å². The number of piperazine rings is 1. The second kappa shape index (κ2) is 11.3. The van der Waals surface area contributed by atoms with Gasteiger partial charge in [0, 0.05) is 38.3 Å². The number of hydrogen-bond donors (Lipinski definition) is 3. The number of anilines is 1. The molecule has 1 aliphatic heterocycles. The number of nitrogens with zero attached hydrogens (tertiary/aromatic N) is 3. The minimum Gasteiger partial charge on any atom is -0.468 e. The minimum absolute atomic E-state index is 0.0361. The Morgan fingerprint density at radius 3 is 2.70 bits per heavy atom. The highest BCUT2D eigenvalue weighted by Gasteiger charge is 2.25. The van der Waals surface area contributed by atoms with E-state index in [9.17, 15) is 18.4 Å². The lowest BCUT2D eigenvalue weighted by atomic mass is 10.1. The van der Waals surface area contributed by atoms with Crippen molar-refractivity contribution in [3.8, 4) is 5.88 Å². The SMILES string of the molecule is CC(Oc1nsc(NC(=O)NCCCN2CCN(C)CC2)c1C(N)=O)c1cc(F)ccc1F. The second-order valence-electron chi connectivity index (χ2n) is 7.86. The van der Waals surface area contributed by atoms with E-state index in [0.717, 1.165) is 68.9 Å². The monoisotopic (exact) mass is 482 g/mol. The van der Waals surface area contributed by atoms with Crippen LogP contribution in [0.3, 0.4) is 0 Å². The van der Waals surface area contributed by atoms with E-state index in [1.807, 2.05) is 0 Å². The summed E-state index contributed by atoms with van der Waals surface area (Å²) in [5, 5.41) is 5.42. The number of benzene rings is 1. The lowest BCUT2D eigenvalue weighted by Crippen LogP contribution is -2.45. The van der Waals surface area contributed by atoms with Crippen LogP contribution in [-0.2, 0) is 0 Å². The van der Waals surface area contributed by atoms with Crippen molar-refractivity contribution in [2.75, 3.05) is 51.6 Å². The number of carbonyl (C=O) groups is 2. The summed E-state index contributed by atoms with van der Waals surface area (Å²) >= 11 is 0.811. The summed E-state index contributed by atoms with van der Waals surface area (Å²) in [6, 6.07) is 2.48. The Hall–Kier alpha value is -2.83. The van der Waals surface area contributed by atoms with Crippen LogP contribution >= 0.6 is 11.5 Å². The quantitative estimate of drug-likeness (QED) is 0.473. The first-order chi connectivity index (χ1) is 15.7. The molecule has 4 N–H and O–H groups in total. The number of rotatable bonds is 9. The molecule has 1 aromatic carbocycles. The maximum Gasteiger partial charge on any atom is 0.319 e. The first kappa shape index (κ1) is 24.8. The minimum atomic E-state index is -0.947. The standard InChI is InChI=1S/C21H28F2N6O3S/c1-13(15-12-14(22)4-5-16(15)23)32-19-17(18(24)30)20(33-27-19)26-21(31)25-6-3-7-29-10-8-28(2)9-11-29/h4-5,12-13H,3,6-11H2,1-2H3,(H2,24,30)(H2,25,26,31). The Kier molecular flexibility index (Phi) is 8.53. The Morgan fingerprint density at radius 2 is 2.00 bits per heavy atom. The fourth-order valence-electron chi connectivity index (χ4n) is 3.44. The van der Waals surface area contributed by atoms with Crippen molar-refractivity contribution in [3.63, 3.8) is 0 Å². The average Bonchev–Trinajstić information content (AvgIpc) is 3.16. The number of ether oxygens (including phenoxy) is 1. The van der Waals surface area contributed by atoms with Crippen LogP contribution in [0.15, 0.2) is 18.2 Å². The van der Waals surface area contributed by atoms with Crippen LogP contribution in [0.25, 0.3) is 0 Å². The maximum atomic E-state index is 14.0. The van der Waals surface area contributed by atoms with Crippen molar-refractivity contribution in [2.45, 2.75) is 19.4 Å². The Labute approximate surface area is 195 Å². The topological polar surface area (TPSA) is 113 Å². The number of amides is 3. The molecule has 2 aromatic rings. The number of nitrogens with two attached hydrogens (primary N) is 1. The van der Waals surface area contributed by atoms with Crippen molar-refractivity contribution in [1.82, 2.24) is 19.5 Å². The molecule has 3 amide bonds. The molecule has 1 aromatic heterocycles. The third-order valence-electron chi connectivity index (χ3n) is 5.35. The highest BCUT2D eigenvalue weighted by atomic mass is 32.1. The van der Waals surface area contributed by atoms with Crippen LogP contribution in [0.4, 0.5) is 18.6 Å². The molecule has 0 spiro atoms. The van der Waals surface area contributed by atoms with Crippen LogP contribution in [0.1, 0.15) is 35.4 Å². The van der Waals surface area contributed by atoms with Gasteiger partial charge in [-0.3, -0.25) is 10.1 Å². The molecule has 0 saturated carbocycles. The van der Waals surface area contributed by atoms with Crippen LogP contribution in [0.5, 0.6) is 5.88 Å². The summed E-state index contributed by atoms with van der Waals surface area (Å²) in [4.78, 5) is 28.9. The molecule has 180 valence electrons. The number of primary amides is 1. The number of carbonyl (C=O) groups excluding carboxylic acids is 2. The molecule has 12 heteroatoms. The number of nitrogens with one attached hydrogen (secondary N) is 2. The molecule has 1 fully saturated rings. The predicted octanol–water partition coefficient (Wildman–Crippen LogP) is 2.42. The van der Waals surface area contributed by atoms with E-state index in [4.69, 9.17) is 10.5 Å². The third-order valence-corrected chi connectivity index (χ3v) is 6.10. The van der Waals surface area contributed by atoms with E-state index < -0.39 is 29.7 Å². The zero-order valence-electron chi connectivity index (χ0n) is 18.6. The average molecular weight is 483 g/mol. The van der Waals surface area contributed by atoms with E-state index in [1.165, 1.54) is 6.92 Å². The van der Waals surface area contributed by atoms with E-state index in [0.29, 0.717) is 6.54 Å². The van der Waals surface area contributed by atoms with Crippen LogP contribution in [0.2, 0.25) is 0 Å². The molecular formula is C21H28F2N6O3S. The highest BCUT2D eigenvalue weighted by Crippen LogP contribution is 2.33. The normalized spacial score (nSPS) is 15.8. The first-order valence-corrected chi connectivity index (χ1v) is 11.4. The summed E-state index contributed by atoms with van der Waals surface area (Å²) < 4.78 is 37.1. The number of aromatic nitrogens is 1. The summed E-state index contributed by atoms with van der Waals surface area (Å²) in [6.45, 7) is 6.91. The van der Waals surface area contributed by atoms with E-state index in [1.54, 1.807) is 0 Å². The first-order valence-electron chi connectivity index (χ1n) is 10.6. The van der Waals surface area contributed by atoms with Crippen LogP contribution < -0.4 is 21.1 Å². The zero-order chi connectivity index (χ0) is 24.0. The summed E-state index contributed by atoms with van der Waals surface area (Å²) in [5.41, 5.74) is 5.29. The van der Waals surface area contributed by atoms with Gasteiger partial charge in [-0.05, 0) is 56.7 Å². The smallest absolute Gasteiger partial charge is 0.319 e. The Balaban J connectivity index is 1.55. The molecule has 1 saturated heterocycles. The van der Waals surface area contributed by atoms with Crippen molar-refractivity contribution in [2.24, 2.45) is 5.73 Å². The second-order valence-corrected chi connectivity index (χ2v) is 8.63. The van der Waals surface area contributed by atoms with Crippen LogP contribution in [-0.4, -0.2) is 72.4 Å². The van der Waals surface area contributed by atoms with Gasteiger partial charge in [-0.1, -0.05) is 0 Å². The third kappa shape index (κ3) is 6.83. The van der Waals surface area contributed by atoms with Crippen molar-refractivity contribution in [1.29, 1.82) is 0 Å². The molecule has 9 nitrogen and oxygen atoms in total. The van der Waals surface area contributed by atoms with E-state index in [-0.39, 0.29) is 22.0 Å². The maximum absolute atomic E-state index is 14.0. The van der Waals surface area contributed by atoms with Crippen molar-refractivity contribution < 1.29 is 23.1 Å². The number of halogens is 2. The molecule has 1 aliphatic rings. The molecule has 3 rings (SSSR count). The molecule has 33 heavy (non-hydrogen) atoms. The number of hydrogen-bond acceptors (Lipinski definition) is 7. The molecule has 0 aliphatic carbocycles. The van der Waals surface area contributed by atoms with Gasteiger partial charge in [0.15, 0.2) is 0 Å². The van der Waals surface area contributed by atoms with Crippen molar-refractivity contribution >= 4 is 28.5 Å². The van der Waals surface area contributed by atoms with Crippen LogP contribution in [0, 0.1) is 11.6 Å². The van der Waals surface area contributed by atoms with Gasteiger partial charge in [0.25, 0.3) is 5.91 Å². The Bertz CT molecular complexity index is 981. The van der Waals surface area contributed by atoms with Gasteiger partial charge < -0.3 is 25.6 Å². The molecular weight excluding hydrogens is 454 g/mol. The van der Waals surface area contributed by atoms with Gasteiger partial charge in [0.2, 0.25) is 5.88 Å². The van der Waals surface area contributed by atoms with E-state index in [2.05, 4.69) is 31.9 Å². The van der Waals surface area contributed by atoms with Gasteiger partial charge in [-0.15, -0.1) is 0 Å². The molecule has 0 radical (unpaired) electrons. The highest BCUT2D eigenvalue weighted by molar-refractivity contribution is 7.11.